The second kappa shape index (κ2) is 6.61. The molecule has 0 aromatic heterocycles. The molecule has 16 heavy (non-hydrogen) atoms. The second-order valence-electron chi connectivity index (χ2n) is 3.19. The van der Waals surface area contributed by atoms with Crippen LogP contribution in [0, 0.1) is 0 Å². The largest absolute Gasteiger partial charge is 0.493 e. The van der Waals surface area contributed by atoms with E-state index in [0.717, 1.165) is 12.6 Å². The van der Waals surface area contributed by atoms with Crippen LogP contribution in [0.4, 0.5) is 0 Å². The van der Waals surface area contributed by atoms with Crippen LogP contribution in [0.15, 0.2) is 18.2 Å². The van der Waals surface area contributed by atoms with Crippen LogP contribution in [-0.4, -0.2) is 26.3 Å². The Morgan fingerprint density at radius 2 is 2.06 bits per heavy atom. The van der Waals surface area contributed by atoms with E-state index in [-0.39, 0.29) is 0 Å². The summed E-state index contributed by atoms with van der Waals surface area (Å²) in [5.74, 6) is 1.11. The topological polar surface area (TPSA) is 52.6 Å². The summed E-state index contributed by atoms with van der Waals surface area (Å²) in [6, 6.07) is 4.95. The van der Waals surface area contributed by atoms with E-state index in [1.165, 1.54) is 7.11 Å². The van der Waals surface area contributed by atoms with Gasteiger partial charge in [0.25, 0.3) is 0 Å². The summed E-state index contributed by atoms with van der Waals surface area (Å²) in [5.41, 5.74) is 0.539. The number of benzene rings is 1. The molecule has 0 saturated heterocycles. The van der Waals surface area contributed by atoms with E-state index in [0.29, 0.717) is 36.5 Å². The van der Waals surface area contributed by atoms with Gasteiger partial charge in [-0.25, -0.2) is 0 Å². The smallest absolute Gasteiger partial charge is 0.161 e. The average molecular weight is 222 g/mol. The fraction of sp³-hybridized carbons (Fsp3) is 0.333. The lowest BCUT2D eigenvalue weighted by molar-refractivity contribution is -0.108. The first-order chi connectivity index (χ1) is 7.81. The summed E-state index contributed by atoms with van der Waals surface area (Å²) in [7, 11) is 1.52. The van der Waals surface area contributed by atoms with Crippen LogP contribution in [0.3, 0.4) is 0 Å². The van der Waals surface area contributed by atoms with Crippen LogP contribution in [0.2, 0.25) is 0 Å². The Balaban J connectivity index is 2.64. The van der Waals surface area contributed by atoms with Crippen molar-refractivity contribution in [2.45, 2.75) is 12.8 Å². The number of aldehydes is 2. The molecule has 0 heterocycles. The van der Waals surface area contributed by atoms with E-state index in [9.17, 15) is 9.59 Å². The quantitative estimate of drug-likeness (QED) is 0.522. The van der Waals surface area contributed by atoms with E-state index in [1.54, 1.807) is 18.2 Å². The summed E-state index contributed by atoms with van der Waals surface area (Å²) in [6.07, 6.45) is 2.76. The first-order valence-electron chi connectivity index (χ1n) is 5.01. The molecule has 1 aromatic carbocycles. The number of hydrogen-bond acceptors (Lipinski definition) is 4. The fourth-order valence-corrected chi connectivity index (χ4v) is 1.23. The molecule has 4 heteroatoms. The lowest BCUT2D eigenvalue weighted by atomic mass is 10.2. The van der Waals surface area contributed by atoms with Gasteiger partial charge in [-0.1, -0.05) is 0 Å². The van der Waals surface area contributed by atoms with Crippen LogP contribution in [0.5, 0.6) is 11.5 Å². The maximum atomic E-state index is 10.5. The van der Waals surface area contributed by atoms with Gasteiger partial charge < -0.3 is 14.3 Å². The molecule has 0 aliphatic heterocycles. The van der Waals surface area contributed by atoms with Gasteiger partial charge >= 0.3 is 0 Å². The van der Waals surface area contributed by atoms with Gasteiger partial charge in [0.05, 0.1) is 13.7 Å². The molecule has 0 atom stereocenters. The van der Waals surface area contributed by atoms with Crippen LogP contribution >= 0.6 is 0 Å². The first kappa shape index (κ1) is 12.2. The Morgan fingerprint density at radius 3 is 2.69 bits per heavy atom. The van der Waals surface area contributed by atoms with Gasteiger partial charge in [0.15, 0.2) is 11.5 Å². The zero-order chi connectivity index (χ0) is 11.8. The predicted molar refractivity (Wildman–Crippen MR) is 59.2 cm³/mol. The van der Waals surface area contributed by atoms with Gasteiger partial charge in [-0.15, -0.1) is 0 Å². The molecule has 0 saturated carbocycles. The summed E-state index contributed by atoms with van der Waals surface area (Å²) in [5, 5.41) is 0. The van der Waals surface area contributed by atoms with Crippen molar-refractivity contribution in [2.24, 2.45) is 0 Å². The maximum absolute atomic E-state index is 10.5. The van der Waals surface area contributed by atoms with Gasteiger partial charge in [-0.05, 0) is 24.6 Å². The van der Waals surface area contributed by atoms with Crippen molar-refractivity contribution < 1.29 is 19.1 Å². The molecule has 0 unspecified atom stereocenters. The normalized spacial score (nSPS) is 9.56. The molecule has 0 aliphatic carbocycles. The maximum Gasteiger partial charge on any atom is 0.161 e. The Hall–Kier alpha value is -1.84. The molecule has 1 rings (SSSR count). The van der Waals surface area contributed by atoms with Crippen molar-refractivity contribution in [3.8, 4) is 11.5 Å². The molecule has 0 spiro atoms. The number of carbonyl (C=O) groups excluding carboxylic acids is 2. The van der Waals surface area contributed by atoms with Gasteiger partial charge in [0.2, 0.25) is 0 Å². The summed E-state index contributed by atoms with van der Waals surface area (Å²) in [6.45, 7) is 0.454. The summed E-state index contributed by atoms with van der Waals surface area (Å²) < 4.78 is 10.5. The highest BCUT2D eigenvalue weighted by Crippen LogP contribution is 2.27. The number of carbonyl (C=O) groups is 2. The van der Waals surface area contributed by atoms with E-state index < -0.39 is 0 Å². The molecule has 0 bridgehead atoms. The SMILES string of the molecule is COc1cc(C=O)ccc1OCCCC=O. The summed E-state index contributed by atoms with van der Waals surface area (Å²) in [4.78, 5) is 20.7. The van der Waals surface area contributed by atoms with Gasteiger partial charge in [-0.3, -0.25) is 4.79 Å². The molecule has 86 valence electrons. The highest BCUT2D eigenvalue weighted by molar-refractivity contribution is 5.76. The van der Waals surface area contributed by atoms with Crippen molar-refractivity contribution in [2.75, 3.05) is 13.7 Å². The van der Waals surface area contributed by atoms with Crippen molar-refractivity contribution >= 4 is 12.6 Å². The molecular formula is C12H14O4. The molecule has 4 nitrogen and oxygen atoms in total. The standard InChI is InChI=1S/C12H14O4/c1-15-12-8-10(9-14)4-5-11(12)16-7-3-2-6-13/h4-6,8-9H,2-3,7H2,1H3. The highest BCUT2D eigenvalue weighted by atomic mass is 16.5. The number of unbranched alkanes of at least 4 members (excludes halogenated alkanes) is 1. The third-order valence-electron chi connectivity index (χ3n) is 2.05. The third-order valence-corrected chi connectivity index (χ3v) is 2.05. The van der Waals surface area contributed by atoms with Crippen molar-refractivity contribution in [3.05, 3.63) is 23.8 Å². The van der Waals surface area contributed by atoms with Crippen LogP contribution in [0.1, 0.15) is 23.2 Å². The summed E-state index contributed by atoms with van der Waals surface area (Å²) >= 11 is 0. The Labute approximate surface area is 94.2 Å². The highest BCUT2D eigenvalue weighted by Gasteiger charge is 2.04. The molecule has 0 radical (unpaired) electrons. The predicted octanol–water partition coefficient (Wildman–Crippen LogP) is 1.87. The van der Waals surface area contributed by atoms with Crippen LogP contribution in [-0.2, 0) is 4.79 Å². The Kier molecular flexibility index (Phi) is 5.05. The molecule has 0 aliphatic rings. The number of methoxy groups -OCH3 is 1. The zero-order valence-corrected chi connectivity index (χ0v) is 9.14. The Morgan fingerprint density at radius 1 is 1.25 bits per heavy atom. The average Bonchev–Trinajstić information content (AvgIpc) is 2.34. The van der Waals surface area contributed by atoms with E-state index in [2.05, 4.69) is 0 Å². The van der Waals surface area contributed by atoms with Gasteiger partial charge in [0.1, 0.15) is 12.6 Å². The van der Waals surface area contributed by atoms with Gasteiger partial charge in [-0.2, -0.15) is 0 Å². The monoisotopic (exact) mass is 222 g/mol. The second-order valence-corrected chi connectivity index (χ2v) is 3.19. The van der Waals surface area contributed by atoms with E-state index in [1.807, 2.05) is 0 Å². The minimum Gasteiger partial charge on any atom is -0.493 e. The Bertz CT molecular complexity index is 360. The lowest BCUT2D eigenvalue weighted by Crippen LogP contribution is -2.00. The molecule has 0 N–H and O–H groups in total. The first-order valence-corrected chi connectivity index (χ1v) is 5.01. The zero-order valence-electron chi connectivity index (χ0n) is 9.14. The third kappa shape index (κ3) is 3.38. The minimum atomic E-state index is 0.454. The molecular weight excluding hydrogens is 208 g/mol. The lowest BCUT2D eigenvalue weighted by Gasteiger charge is -2.10. The number of rotatable bonds is 7. The van der Waals surface area contributed by atoms with Gasteiger partial charge in [0, 0.05) is 12.0 Å². The van der Waals surface area contributed by atoms with E-state index in [4.69, 9.17) is 9.47 Å². The van der Waals surface area contributed by atoms with Crippen molar-refractivity contribution in [1.29, 1.82) is 0 Å². The van der Waals surface area contributed by atoms with Crippen molar-refractivity contribution in [3.63, 3.8) is 0 Å². The molecule has 0 fully saturated rings. The van der Waals surface area contributed by atoms with E-state index >= 15 is 0 Å². The van der Waals surface area contributed by atoms with Crippen LogP contribution < -0.4 is 9.47 Å². The fourth-order valence-electron chi connectivity index (χ4n) is 1.23. The minimum absolute atomic E-state index is 0.454. The van der Waals surface area contributed by atoms with Crippen LogP contribution in [0.25, 0.3) is 0 Å². The molecule has 1 aromatic rings. The van der Waals surface area contributed by atoms with Crippen molar-refractivity contribution in [1.82, 2.24) is 0 Å². The molecule has 0 amide bonds. The number of ether oxygens (including phenoxy) is 2. The number of hydrogen-bond donors (Lipinski definition) is 0.